The number of likely N-dealkylation sites (N-methyl/N-ethyl adjacent to an activating group) is 1. The summed E-state index contributed by atoms with van der Waals surface area (Å²) in [6.45, 7) is 4.14. The molecule has 122 valence electrons. The lowest BCUT2D eigenvalue weighted by Gasteiger charge is -2.33. The van der Waals surface area contributed by atoms with Crippen molar-refractivity contribution in [2.24, 2.45) is 5.73 Å². The zero-order valence-corrected chi connectivity index (χ0v) is 13.5. The number of nitrogens with zero attached hydrogens (tertiary/aromatic N) is 2. The summed E-state index contributed by atoms with van der Waals surface area (Å²) in [5.41, 5.74) is 8.50. The van der Waals surface area contributed by atoms with Crippen LogP contribution in [-0.2, 0) is 11.3 Å². The lowest BCUT2D eigenvalue weighted by molar-refractivity contribution is -0.113. The maximum Gasteiger partial charge on any atom is 0.254 e. The number of hydrogen-bond acceptors (Lipinski definition) is 3. The summed E-state index contributed by atoms with van der Waals surface area (Å²) in [6.07, 6.45) is 5.29. The van der Waals surface area contributed by atoms with Crippen LogP contribution in [0, 0.1) is 0 Å². The Hall–Kier alpha value is -2.14. The van der Waals surface area contributed by atoms with Gasteiger partial charge in [0.1, 0.15) is 0 Å². The molecule has 1 fully saturated rings. The summed E-state index contributed by atoms with van der Waals surface area (Å²) in [6, 6.07) is 6.05. The SMILES string of the molecule is C=CC(=O)N(C)c1ccc2c(c1)C(=O)N([C@H]1CCC[C@@H](N)C1)C2. The molecular formula is C18H23N3O2. The predicted octanol–water partition coefficient (Wildman–Crippen LogP) is 2.06. The van der Waals surface area contributed by atoms with Gasteiger partial charge >= 0.3 is 0 Å². The van der Waals surface area contributed by atoms with Crippen LogP contribution in [0.1, 0.15) is 41.6 Å². The maximum absolute atomic E-state index is 12.8. The Morgan fingerprint density at radius 3 is 2.91 bits per heavy atom. The van der Waals surface area contributed by atoms with E-state index in [4.69, 9.17) is 5.73 Å². The molecule has 1 aliphatic heterocycles. The summed E-state index contributed by atoms with van der Waals surface area (Å²) in [5, 5.41) is 0. The zero-order chi connectivity index (χ0) is 16.6. The lowest BCUT2D eigenvalue weighted by atomic mass is 9.90. The first-order chi connectivity index (χ1) is 11.0. The summed E-state index contributed by atoms with van der Waals surface area (Å²) >= 11 is 0. The molecule has 1 aromatic carbocycles. The first-order valence-corrected chi connectivity index (χ1v) is 8.11. The number of nitrogens with two attached hydrogens (primary N) is 1. The van der Waals surface area contributed by atoms with E-state index in [-0.39, 0.29) is 23.9 Å². The average molecular weight is 313 g/mol. The number of anilines is 1. The quantitative estimate of drug-likeness (QED) is 0.869. The Morgan fingerprint density at radius 2 is 2.22 bits per heavy atom. The van der Waals surface area contributed by atoms with Crippen LogP contribution in [0.4, 0.5) is 5.69 Å². The number of hydrogen-bond donors (Lipinski definition) is 1. The van der Waals surface area contributed by atoms with Gasteiger partial charge in [-0.1, -0.05) is 12.6 Å². The van der Waals surface area contributed by atoms with Crippen LogP contribution in [0.2, 0.25) is 0 Å². The van der Waals surface area contributed by atoms with Crippen molar-refractivity contribution in [2.45, 2.75) is 44.3 Å². The van der Waals surface area contributed by atoms with Crippen LogP contribution in [0.5, 0.6) is 0 Å². The van der Waals surface area contributed by atoms with Crippen molar-refractivity contribution in [1.29, 1.82) is 0 Å². The third-order valence-corrected chi connectivity index (χ3v) is 4.95. The summed E-state index contributed by atoms with van der Waals surface area (Å²) in [4.78, 5) is 28.0. The van der Waals surface area contributed by atoms with Gasteiger partial charge in [0.2, 0.25) is 5.91 Å². The molecule has 2 atom stereocenters. The molecule has 1 heterocycles. The molecule has 1 aromatic rings. The minimum atomic E-state index is -0.189. The molecule has 2 aliphatic rings. The van der Waals surface area contributed by atoms with E-state index >= 15 is 0 Å². The molecule has 1 aliphatic carbocycles. The van der Waals surface area contributed by atoms with E-state index < -0.39 is 0 Å². The van der Waals surface area contributed by atoms with E-state index in [0.717, 1.165) is 31.2 Å². The third-order valence-electron chi connectivity index (χ3n) is 4.95. The molecule has 0 bridgehead atoms. The van der Waals surface area contributed by atoms with Gasteiger partial charge in [-0.2, -0.15) is 0 Å². The van der Waals surface area contributed by atoms with Crippen LogP contribution in [-0.4, -0.2) is 35.8 Å². The molecule has 0 saturated heterocycles. The Kier molecular flexibility index (Phi) is 4.22. The fraction of sp³-hybridized carbons (Fsp3) is 0.444. The fourth-order valence-corrected chi connectivity index (χ4v) is 3.56. The molecule has 0 unspecified atom stereocenters. The molecule has 5 heteroatoms. The van der Waals surface area contributed by atoms with Crippen LogP contribution in [0.15, 0.2) is 30.9 Å². The van der Waals surface area contributed by atoms with Crippen LogP contribution >= 0.6 is 0 Å². The van der Waals surface area contributed by atoms with E-state index in [2.05, 4.69) is 6.58 Å². The molecule has 23 heavy (non-hydrogen) atoms. The molecule has 1 saturated carbocycles. The van der Waals surface area contributed by atoms with Crippen molar-refractivity contribution in [2.75, 3.05) is 11.9 Å². The molecule has 0 aromatic heterocycles. The second kappa shape index (κ2) is 6.16. The second-order valence-corrected chi connectivity index (χ2v) is 6.46. The van der Waals surface area contributed by atoms with Crippen molar-refractivity contribution >= 4 is 17.5 Å². The van der Waals surface area contributed by atoms with E-state index in [0.29, 0.717) is 17.8 Å². The Morgan fingerprint density at radius 1 is 1.43 bits per heavy atom. The van der Waals surface area contributed by atoms with Gasteiger partial charge in [0.05, 0.1) is 0 Å². The van der Waals surface area contributed by atoms with Crippen molar-refractivity contribution in [3.63, 3.8) is 0 Å². The van der Waals surface area contributed by atoms with Crippen molar-refractivity contribution in [3.8, 4) is 0 Å². The summed E-state index contributed by atoms with van der Waals surface area (Å²) < 4.78 is 0. The molecule has 0 spiro atoms. The Bertz CT molecular complexity index is 656. The van der Waals surface area contributed by atoms with Gasteiger partial charge in [0.25, 0.3) is 5.91 Å². The van der Waals surface area contributed by atoms with Gasteiger partial charge in [-0.3, -0.25) is 9.59 Å². The normalized spacial score (nSPS) is 23.6. The molecule has 2 N–H and O–H groups in total. The smallest absolute Gasteiger partial charge is 0.254 e. The monoisotopic (exact) mass is 313 g/mol. The highest BCUT2D eigenvalue weighted by Crippen LogP contribution is 2.32. The van der Waals surface area contributed by atoms with Crippen molar-refractivity contribution in [1.82, 2.24) is 4.90 Å². The largest absolute Gasteiger partial charge is 0.331 e. The van der Waals surface area contributed by atoms with E-state index in [1.165, 1.54) is 11.0 Å². The summed E-state index contributed by atoms with van der Waals surface area (Å²) in [7, 11) is 1.68. The minimum Gasteiger partial charge on any atom is -0.331 e. The van der Waals surface area contributed by atoms with Crippen molar-refractivity contribution in [3.05, 3.63) is 42.0 Å². The van der Waals surface area contributed by atoms with E-state index in [9.17, 15) is 9.59 Å². The average Bonchev–Trinajstić information content (AvgIpc) is 2.90. The topological polar surface area (TPSA) is 66.6 Å². The lowest BCUT2D eigenvalue weighted by Crippen LogP contribution is -2.42. The van der Waals surface area contributed by atoms with Crippen LogP contribution in [0.25, 0.3) is 0 Å². The number of amides is 2. The summed E-state index contributed by atoms with van der Waals surface area (Å²) in [5.74, 6) is -0.133. The fourth-order valence-electron chi connectivity index (χ4n) is 3.56. The van der Waals surface area contributed by atoms with Gasteiger partial charge in [-0.05, 0) is 49.5 Å². The van der Waals surface area contributed by atoms with E-state index in [1.54, 1.807) is 7.05 Å². The maximum atomic E-state index is 12.8. The van der Waals surface area contributed by atoms with Gasteiger partial charge < -0.3 is 15.5 Å². The Balaban J connectivity index is 1.83. The molecule has 2 amide bonds. The molecule has 0 radical (unpaired) electrons. The van der Waals surface area contributed by atoms with Crippen LogP contribution in [0.3, 0.4) is 0 Å². The number of benzene rings is 1. The van der Waals surface area contributed by atoms with Gasteiger partial charge in [-0.15, -0.1) is 0 Å². The second-order valence-electron chi connectivity index (χ2n) is 6.46. The highest BCUT2D eigenvalue weighted by atomic mass is 16.2. The standard InChI is InChI=1S/C18H23N3O2/c1-3-17(22)20(2)14-8-7-12-11-21(18(23)16(12)10-14)15-6-4-5-13(19)9-15/h3,7-8,10,13,15H,1,4-6,9,11,19H2,2H3/t13-,15+/m1/s1. The molecule has 3 rings (SSSR count). The Labute approximate surface area is 136 Å². The minimum absolute atomic E-state index is 0.0559. The number of carbonyl (C=O) groups excluding carboxylic acids is 2. The van der Waals surface area contributed by atoms with Gasteiger partial charge in [-0.25, -0.2) is 0 Å². The third kappa shape index (κ3) is 2.88. The highest BCUT2D eigenvalue weighted by Gasteiger charge is 2.35. The molecular weight excluding hydrogens is 290 g/mol. The first kappa shape index (κ1) is 15.7. The van der Waals surface area contributed by atoms with Crippen molar-refractivity contribution < 1.29 is 9.59 Å². The highest BCUT2D eigenvalue weighted by molar-refractivity contribution is 6.03. The zero-order valence-electron chi connectivity index (χ0n) is 13.5. The molecule has 5 nitrogen and oxygen atoms in total. The first-order valence-electron chi connectivity index (χ1n) is 8.11. The number of fused-ring (bicyclic) bond motifs is 1. The number of rotatable bonds is 3. The van der Waals surface area contributed by atoms with Gasteiger partial charge in [0.15, 0.2) is 0 Å². The van der Waals surface area contributed by atoms with Gasteiger partial charge in [0, 0.05) is 36.9 Å². The van der Waals surface area contributed by atoms with Crippen LogP contribution < -0.4 is 10.6 Å². The number of carbonyl (C=O) groups is 2. The predicted molar refractivity (Wildman–Crippen MR) is 90.2 cm³/mol. The van der Waals surface area contributed by atoms with E-state index in [1.807, 2.05) is 23.1 Å².